The third-order valence-electron chi connectivity index (χ3n) is 5.59. The fourth-order valence-electron chi connectivity index (χ4n) is 3.95. The number of esters is 1. The van der Waals surface area contributed by atoms with E-state index >= 15 is 0 Å². The van der Waals surface area contributed by atoms with E-state index in [1.54, 1.807) is 0 Å². The van der Waals surface area contributed by atoms with Gasteiger partial charge in [-0.25, -0.2) is 0 Å². The molecular formula is C23H25F6N3O2. The summed E-state index contributed by atoms with van der Waals surface area (Å²) in [7, 11) is 0. The molecule has 11 heteroatoms. The van der Waals surface area contributed by atoms with E-state index < -0.39 is 30.5 Å². The summed E-state index contributed by atoms with van der Waals surface area (Å²) in [6.45, 7) is 6.38. The molecule has 5 nitrogen and oxygen atoms in total. The summed E-state index contributed by atoms with van der Waals surface area (Å²) >= 11 is 0. The molecule has 0 amide bonds. The van der Waals surface area contributed by atoms with Crippen LogP contribution in [0.1, 0.15) is 22.5 Å². The molecule has 0 spiro atoms. The summed E-state index contributed by atoms with van der Waals surface area (Å²) in [6.07, 6.45) is -15.7. The number of nitrogens with one attached hydrogen (secondary N) is 1. The molecule has 1 saturated heterocycles. The highest BCUT2D eigenvalue weighted by molar-refractivity contribution is 5.76. The van der Waals surface area contributed by atoms with Gasteiger partial charge in [0, 0.05) is 37.6 Å². The molecule has 0 radical (unpaired) electrons. The third kappa shape index (κ3) is 6.26. The molecule has 3 rings (SSSR count). The fourth-order valence-corrected chi connectivity index (χ4v) is 3.95. The summed E-state index contributed by atoms with van der Waals surface area (Å²) < 4.78 is 81.0. The highest BCUT2D eigenvalue weighted by Crippen LogP contribution is 2.36. The number of aryl methyl sites for hydroxylation is 3. The number of carbonyl (C=O) groups is 1. The van der Waals surface area contributed by atoms with Crippen LogP contribution in [-0.2, 0) is 16.1 Å². The molecule has 34 heavy (non-hydrogen) atoms. The van der Waals surface area contributed by atoms with E-state index in [0.717, 1.165) is 33.6 Å². The van der Waals surface area contributed by atoms with Crippen LogP contribution in [-0.4, -0.2) is 60.0 Å². The fraction of sp³-hybridized carbons (Fsp3) is 0.478. The number of carbonyl (C=O) groups excluding carboxylic acids is 1. The number of ether oxygens (including phenoxy) is 1. The van der Waals surface area contributed by atoms with Gasteiger partial charge in [0.25, 0.3) is 6.10 Å². The van der Waals surface area contributed by atoms with Crippen LogP contribution in [0, 0.1) is 20.8 Å². The van der Waals surface area contributed by atoms with Crippen molar-refractivity contribution in [1.82, 2.24) is 15.2 Å². The molecule has 2 heterocycles. The molecule has 1 aliphatic heterocycles. The first-order valence-electron chi connectivity index (χ1n) is 10.6. The average Bonchev–Trinajstić information content (AvgIpc) is 2.71. The van der Waals surface area contributed by atoms with Crippen molar-refractivity contribution in [3.8, 4) is 11.1 Å². The maximum Gasteiger partial charge on any atom is 0.434 e. The Bertz CT molecular complexity index is 1000. The Hall–Kier alpha value is -2.66. The SMILES string of the molecule is Cc1cc(-c2ccc(CN3CCNCC3C(=O)OC(C(F)(F)F)C(F)(F)F)c(C)c2)cc(C)n1. The Labute approximate surface area is 193 Å². The van der Waals surface area contributed by atoms with Gasteiger partial charge >= 0.3 is 18.3 Å². The average molecular weight is 489 g/mol. The highest BCUT2D eigenvalue weighted by Gasteiger charge is 2.60. The minimum absolute atomic E-state index is 0.117. The lowest BCUT2D eigenvalue weighted by atomic mass is 9.98. The Balaban J connectivity index is 1.79. The number of benzene rings is 1. The number of halogens is 6. The number of hydrogen-bond donors (Lipinski definition) is 1. The molecular weight excluding hydrogens is 464 g/mol. The predicted octanol–water partition coefficient (Wildman–Crippen LogP) is 4.48. The van der Waals surface area contributed by atoms with Gasteiger partial charge in [0.15, 0.2) is 0 Å². The lowest BCUT2D eigenvalue weighted by Gasteiger charge is -2.36. The molecule has 1 atom stereocenters. The Morgan fingerprint density at radius 2 is 1.68 bits per heavy atom. The maximum atomic E-state index is 12.8. The van der Waals surface area contributed by atoms with E-state index in [1.807, 2.05) is 51.1 Å². The molecule has 186 valence electrons. The van der Waals surface area contributed by atoms with Crippen molar-refractivity contribution >= 4 is 5.97 Å². The second-order valence-corrected chi connectivity index (χ2v) is 8.37. The molecule has 1 aliphatic rings. The normalized spacial score (nSPS) is 17.8. The highest BCUT2D eigenvalue weighted by atomic mass is 19.4. The van der Waals surface area contributed by atoms with Crippen LogP contribution in [0.2, 0.25) is 0 Å². The van der Waals surface area contributed by atoms with Crippen molar-refractivity contribution < 1.29 is 35.9 Å². The summed E-state index contributed by atoms with van der Waals surface area (Å²) in [5, 5.41) is 2.83. The zero-order valence-corrected chi connectivity index (χ0v) is 18.8. The zero-order valence-electron chi connectivity index (χ0n) is 18.8. The third-order valence-corrected chi connectivity index (χ3v) is 5.59. The van der Waals surface area contributed by atoms with Crippen LogP contribution in [0.3, 0.4) is 0 Å². The maximum absolute atomic E-state index is 12.8. The van der Waals surface area contributed by atoms with Gasteiger partial charge in [0.2, 0.25) is 0 Å². The van der Waals surface area contributed by atoms with Crippen molar-refractivity contribution in [3.63, 3.8) is 0 Å². The van der Waals surface area contributed by atoms with Crippen LogP contribution in [0.25, 0.3) is 11.1 Å². The van der Waals surface area contributed by atoms with Crippen molar-refractivity contribution in [3.05, 3.63) is 52.8 Å². The number of hydrogen-bond acceptors (Lipinski definition) is 5. The van der Waals surface area contributed by atoms with Crippen LogP contribution in [0.4, 0.5) is 26.3 Å². The largest absolute Gasteiger partial charge is 0.442 e. The lowest BCUT2D eigenvalue weighted by Crippen LogP contribution is -2.57. The second kappa shape index (κ2) is 9.91. The van der Waals surface area contributed by atoms with Gasteiger partial charge in [-0.1, -0.05) is 18.2 Å². The molecule has 1 N–H and O–H groups in total. The zero-order chi connectivity index (χ0) is 25.3. The Kier molecular flexibility index (Phi) is 7.56. The number of alkyl halides is 6. The minimum Gasteiger partial charge on any atom is -0.442 e. The second-order valence-electron chi connectivity index (χ2n) is 8.37. The van der Waals surface area contributed by atoms with E-state index in [9.17, 15) is 31.1 Å². The van der Waals surface area contributed by atoms with Crippen molar-refractivity contribution in [2.24, 2.45) is 0 Å². The van der Waals surface area contributed by atoms with E-state index in [0.29, 0.717) is 6.54 Å². The van der Waals surface area contributed by atoms with Crippen LogP contribution in [0.15, 0.2) is 30.3 Å². The van der Waals surface area contributed by atoms with Gasteiger partial charge in [-0.05, 0) is 55.2 Å². The van der Waals surface area contributed by atoms with Gasteiger partial charge in [0.05, 0.1) is 0 Å². The van der Waals surface area contributed by atoms with Crippen molar-refractivity contribution in [2.45, 2.75) is 51.8 Å². The summed E-state index contributed by atoms with van der Waals surface area (Å²) in [6, 6.07) is 8.28. The lowest BCUT2D eigenvalue weighted by molar-refractivity contribution is -0.314. The van der Waals surface area contributed by atoms with Crippen LogP contribution < -0.4 is 5.32 Å². The summed E-state index contributed by atoms with van der Waals surface area (Å²) in [4.78, 5) is 18.3. The van der Waals surface area contributed by atoms with Crippen molar-refractivity contribution in [2.75, 3.05) is 19.6 Å². The smallest absolute Gasteiger partial charge is 0.434 e. The quantitative estimate of drug-likeness (QED) is 0.496. The first-order chi connectivity index (χ1) is 15.8. The van der Waals surface area contributed by atoms with Crippen LogP contribution >= 0.6 is 0 Å². The molecule has 0 aliphatic carbocycles. The van der Waals surface area contributed by atoms with Gasteiger partial charge in [-0.2, -0.15) is 26.3 Å². The first kappa shape index (κ1) is 26.0. The summed E-state index contributed by atoms with van der Waals surface area (Å²) in [5.41, 5.74) is 5.34. The molecule has 1 aromatic heterocycles. The predicted molar refractivity (Wildman–Crippen MR) is 113 cm³/mol. The number of pyridine rings is 1. The first-order valence-corrected chi connectivity index (χ1v) is 10.6. The molecule has 1 aromatic carbocycles. The Morgan fingerprint density at radius 3 is 2.24 bits per heavy atom. The van der Waals surface area contributed by atoms with E-state index in [1.165, 1.54) is 4.90 Å². The van der Waals surface area contributed by atoms with Gasteiger partial charge in [0.1, 0.15) is 6.04 Å². The van der Waals surface area contributed by atoms with E-state index in [2.05, 4.69) is 15.0 Å². The van der Waals surface area contributed by atoms with Gasteiger partial charge < -0.3 is 10.1 Å². The standard InChI is InChI=1S/C23H25F6N3O2/c1-13-8-16(18-9-14(2)31-15(3)10-18)4-5-17(13)12-32-7-6-30-11-19(32)20(33)34-21(22(24,25)26)23(27,28)29/h4-5,8-10,19,21,30H,6-7,11-12H2,1-3H3. The Morgan fingerprint density at radius 1 is 1.06 bits per heavy atom. The molecule has 1 unspecified atom stereocenters. The van der Waals surface area contributed by atoms with Crippen LogP contribution in [0.5, 0.6) is 0 Å². The van der Waals surface area contributed by atoms with Crippen molar-refractivity contribution in [1.29, 1.82) is 0 Å². The molecule has 1 fully saturated rings. The van der Waals surface area contributed by atoms with E-state index in [4.69, 9.17) is 0 Å². The van der Waals surface area contributed by atoms with Gasteiger partial charge in [-0.15, -0.1) is 0 Å². The van der Waals surface area contributed by atoms with Gasteiger partial charge in [-0.3, -0.25) is 14.7 Å². The number of rotatable bonds is 5. The molecule has 0 saturated carbocycles. The summed E-state index contributed by atoms with van der Waals surface area (Å²) in [5.74, 6) is -1.57. The number of aromatic nitrogens is 1. The van der Waals surface area contributed by atoms with E-state index in [-0.39, 0.29) is 19.6 Å². The monoisotopic (exact) mass is 489 g/mol. The molecule has 2 aromatic rings. The topological polar surface area (TPSA) is 54.5 Å². The number of piperazine rings is 1. The molecule has 0 bridgehead atoms. The minimum atomic E-state index is -5.75. The number of nitrogens with zero attached hydrogens (tertiary/aromatic N) is 2.